The Hall–Kier alpha value is -4.26. The molecule has 6 rings (SSSR count). The normalized spacial score (nSPS) is 25.4. The lowest BCUT2D eigenvalue weighted by Crippen LogP contribution is -2.33. The molecule has 2 aliphatic carbocycles. The number of benzene rings is 3. The van der Waals surface area contributed by atoms with E-state index in [0.717, 1.165) is 12.8 Å². The van der Waals surface area contributed by atoms with Gasteiger partial charge in [0.2, 0.25) is 11.8 Å². The number of carbonyl (C=O) groups excluding carboxylic acids is 4. The Morgan fingerprint density at radius 1 is 0.816 bits per heavy atom. The molecule has 2 saturated carbocycles. The number of hydrogen-bond donors (Lipinski definition) is 0. The summed E-state index contributed by atoms with van der Waals surface area (Å²) in [7, 11) is 1.54. The highest BCUT2D eigenvalue weighted by Crippen LogP contribution is 2.61. The van der Waals surface area contributed by atoms with Crippen molar-refractivity contribution in [1.82, 2.24) is 0 Å². The number of Topliss-reactive ketones (excluding diaryl/α,β-unsaturated/α-hetero) is 1. The van der Waals surface area contributed by atoms with Crippen molar-refractivity contribution >= 4 is 29.3 Å². The first kappa shape index (κ1) is 24.1. The first-order valence-corrected chi connectivity index (χ1v) is 12.8. The van der Waals surface area contributed by atoms with Crippen molar-refractivity contribution in [3.63, 3.8) is 0 Å². The van der Waals surface area contributed by atoms with Crippen molar-refractivity contribution in [1.29, 1.82) is 0 Å². The number of nitrogens with zero attached hydrogens (tertiary/aromatic N) is 1. The Morgan fingerprint density at radius 2 is 1.47 bits per heavy atom. The third-order valence-electron chi connectivity index (χ3n) is 8.35. The van der Waals surface area contributed by atoms with Crippen LogP contribution in [0.2, 0.25) is 0 Å². The van der Waals surface area contributed by atoms with Gasteiger partial charge in [-0.3, -0.25) is 19.3 Å². The fourth-order valence-corrected chi connectivity index (χ4v) is 6.62. The number of ether oxygens (including phenoxy) is 2. The molecule has 3 aromatic rings. The van der Waals surface area contributed by atoms with Crippen molar-refractivity contribution in [2.45, 2.75) is 18.8 Å². The lowest BCUT2D eigenvalue weighted by atomic mass is 9.73. The lowest BCUT2D eigenvalue weighted by Gasteiger charge is -2.28. The number of ketones is 1. The average molecular weight is 510 g/mol. The first-order chi connectivity index (χ1) is 18.5. The summed E-state index contributed by atoms with van der Waals surface area (Å²) in [5.74, 6) is -0.508. The zero-order valence-corrected chi connectivity index (χ0v) is 20.9. The molecule has 1 aliphatic heterocycles. The first-order valence-electron chi connectivity index (χ1n) is 12.8. The molecular weight excluding hydrogens is 482 g/mol. The minimum Gasteiger partial charge on any atom is -0.497 e. The fourth-order valence-electron chi connectivity index (χ4n) is 6.62. The van der Waals surface area contributed by atoms with Gasteiger partial charge in [-0.2, -0.15) is 0 Å². The minimum absolute atomic E-state index is 0.139. The topological polar surface area (TPSA) is 90.0 Å². The van der Waals surface area contributed by atoms with E-state index in [1.165, 1.54) is 29.7 Å². The molecule has 7 nitrogen and oxygen atoms in total. The Bertz CT molecular complexity index is 1400. The summed E-state index contributed by atoms with van der Waals surface area (Å²) in [6, 6.07) is 23.0. The van der Waals surface area contributed by atoms with Crippen LogP contribution >= 0.6 is 0 Å². The Balaban J connectivity index is 1.12. The maximum atomic E-state index is 13.5. The Labute approximate surface area is 220 Å². The van der Waals surface area contributed by atoms with E-state index in [4.69, 9.17) is 9.47 Å². The summed E-state index contributed by atoms with van der Waals surface area (Å²) in [4.78, 5) is 53.0. The van der Waals surface area contributed by atoms with Gasteiger partial charge in [0.25, 0.3) is 0 Å². The van der Waals surface area contributed by atoms with Gasteiger partial charge < -0.3 is 9.47 Å². The van der Waals surface area contributed by atoms with E-state index < -0.39 is 12.6 Å². The van der Waals surface area contributed by atoms with E-state index in [-0.39, 0.29) is 46.8 Å². The fraction of sp³-hybridized carbons (Fsp3) is 0.290. The number of methoxy groups -OCH3 is 1. The zero-order chi connectivity index (χ0) is 26.4. The molecule has 38 heavy (non-hydrogen) atoms. The lowest BCUT2D eigenvalue weighted by molar-refractivity contribution is -0.123. The highest BCUT2D eigenvalue weighted by atomic mass is 16.5. The number of carbonyl (C=O) groups is 4. The molecule has 0 radical (unpaired) electrons. The third kappa shape index (κ3) is 3.99. The smallest absolute Gasteiger partial charge is 0.338 e. The molecule has 0 N–H and O–H groups in total. The summed E-state index contributed by atoms with van der Waals surface area (Å²) < 4.78 is 10.3. The van der Waals surface area contributed by atoms with E-state index in [1.807, 2.05) is 18.2 Å². The second-order valence-electron chi connectivity index (χ2n) is 10.3. The zero-order valence-electron chi connectivity index (χ0n) is 20.9. The molecule has 3 fully saturated rings. The number of fused-ring (bicyclic) bond motifs is 5. The molecular formula is C31H27NO6. The van der Waals surface area contributed by atoms with Gasteiger partial charge in [0.15, 0.2) is 12.4 Å². The average Bonchev–Trinajstić information content (AvgIpc) is 3.63. The van der Waals surface area contributed by atoms with Crippen molar-refractivity contribution in [2.75, 3.05) is 18.6 Å². The number of esters is 1. The van der Waals surface area contributed by atoms with Gasteiger partial charge in [-0.15, -0.1) is 0 Å². The van der Waals surface area contributed by atoms with Crippen LogP contribution < -0.4 is 9.64 Å². The molecule has 5 atom stereocenters. The molecule has 7 heteroatoms. The van der Waals surface area contributed by atoms with Crippen LogP contribution in [0.5, 0.6) is 5.75 Å². The molecule has 192 valence electrons. The summed E-state index contributed by atoms with van der Waals surface area (Å²) >= 11 is 0. The molecule has 0 unspecified atom stereocenters. The standard InChI is InChI=1S/C31H27NO6/c1-37-23-13-9-19(10-14-23)26(33)17-38-31(36)20-7-11-22(12-8-20)32-29(34)27-21-15-24(18-5-3-2-4-6-18)25(16-21)28(27)30(32)35/h2-14,21,24-25,27-28H,15-17H2,1H3/t21-,24-,25+,27+,28-/m0/s1. The highest BCUT2D eigenvalue weighted by molar-refractivity contribution is 6.22. The molecule has 0 spiro atoms. The van der Waals surface area contributed by atoms with Gasteiger partial charge in [0, 0.05) is 5.56 Å². The molecule has 3 aromatic carbocycles. The second-order valence-corrected chi connectivity index (χ2v) is 10.3. The molecule has 0 aromatic heterocycles. The number of amides is 2. The van der Waals surface area contributed by atoms with Gasteiger partial charge >= 0.3 is 5.97 Å². The van der Waals surface area contributed by atoms with E-state index in [0.29, 0.717) is 22.9 Å². The minimum atomic E-state index is -0.655. The largest absolute Gasteiger partial charge is 0.497 e. The van der Waals surface area contributed by atoms with E-state index in [9.17, 15) is 19.2 Å². The molecule has 3 aliphatic rings. The van der Waals surface area contributed by atoms with Gasteiger partial charge in [-0.05, 0) is 84.7 Å². The highest BCUT2D eigenvalue weighted by Gasteiger charge is 2.64. The van der Waals surface area contributed by atoms with Crippen LogP contribution in [-0.4, -0.2) is 37.3 Å². The van der Waals surface area contributed by atoms with Crippen LogP contribution in [-0.2, 0) is 14.3 Å². The molecule has 1 heterocycles. The van der Waals surface area contributed by atoms with E-state index in [1.54, 1.807) is 36.4 Å². The predicted molar refractivity (Wildman–Crippen MR) is 139 cm³/mol. The van der Waals surface area contributed by atoms with Crippen molar-refractivity contribution in [3.8, 4) is 5.75 Å². The molecule has 2 bridgehead atoms. The quantitative estimate of drug-likeness (QED) is 0.261. The van der Waals surface area contributed by atoms with E-state index in [2.05, 4.69) is 12.1 Å². The Kier molecular flexibility index (Phi) is 6.06. The van der Waals surface area contributed by atoms with E-state index >= 15 is 0 Å². The number of hydrogen-bond acceptors (Lipinski definition) is 6. The van der Waals surface area contributed by atoms with Crippen molar-refractivity contribution in [2.24, 2.45) is 23.7 Å². The maximum absolute atomic E-state index is 13.5. The van der Waals surface area contributed by atoms with Gasteiger partial charge in [-0.25, -0.2) is 4.79 Å². The number of imide groups is 1. The van der Waals surface area contributed by atoms with Crippen LogP contribution in [0.15, 0.2) is 78.9 Å². The maximum Gasteiger partial charge on any atom is 0.338 e. The van der Waals surface area contributed by atoms with Gasteiger partial charge in [0.1, 0.15) is 5.75 Å². The Morgan fingerprint density at radius 3 is 2.16 bits per heavy atom. The summed E-state index contributed by atoms with van der Waals surface area (Å²) in [6.07, 6.45) is 1.85. The molecule has 2 amide bonds. The van der Waals surface area contributed by atoms with Crippen molar-refractivity contribution in [3.05, 3.63) is 95.6 Å². The summed E-state index contributed by atoms with van der Waals surface area (Å²) in [6.45, 7) is -0.398. The van der Waals surface area contributed by atoms with Crippen LogP contribution in [0.1, 0.15) is 45.0 Å². The second kappa shape index (κ2) is 9.56. The van der Waals surface area contributed by atoms with Gasteiger partial charge in [-0.1, -0.05) is 30.3 Å². The third-order valence-corrected chi connectivity index (χ3v) is 8.35. The monoisotopic (exact) mass is 509 g/mol. The number of anilines is 1. The van der Waals surface area contributed by atoms with Gasteiger partial charge in [0.05, 0.1) is 30.2 Å². The molecule has 1 saturated heterocycles. The summed E-state index contributed by atoms with van der Waals surface area (Å²) in [5.41, 5.74) is 2.34. The van der Waals surface area contributed by atoms with Crippen LogP contribution in [0.3, 0.4) is 0 Å². The predicted octanol–water partition coefficient (Wildman–Crippen LogP) is 4.66. The van der Waals surface area contributed by atoms with Crippen molar-refractivity contribution < 1.29 is 28.7 Å². The summed E-state index contributed by atoms with van der Waals surface area (Å²) in [5, 5.41) is 0. The SMILES string of the molecule is COc1ccc(C(=O)COC(=O)c2ccc(N3C(=O)[C@@H]4[C@@H]5C[C@@H]([C@@H]4C3=O)[C@H](c3ccccc3)C5)cc2)cc1. The van der Waals surface area contributed by atoms with Crippen LogP contribution in [0.4, 0.5) is 5.69 Å². The van der Waals surface area contributed by atoms with Crippen LogP contribution in [0, 0.1) is 23.7 Å². The number of rotatable bonds is 7. The van der Waals surface area contributed by atoms with Crippen LogP contribution in [0.25, 0.3) is 0 Å².